The Morgan fingerprint density at radius 2 is 1.83 bits per heavy atom. The van der Waals surface area contributed by atoms with Gasteiger partial charge in [-0.25, -0.2) is 4.98 Å². The van der Waals surface area contributed by atoms with Crippen molar-refractivity contribution in [3.8, 4) is 5.75 Å². The number of anilines is 1. The van der Waals surface area contributed by atoms with Gasteiger partial charge in [-0.15, -0.1) is 12.4 Å². The second-order valence-electron chi connectivity index (χ2n) is 7.47. The summed E-state index contributed by atoms with van der Waals surface area (Å²) in [5.41, 5.74) is 2.08. The van der Waals surface area contributed by atoms with Crippen LogP contribution < -0.4 is 9.64 Å². The third-order valence-electron chi connectivity index (χ3n) is 4.55. The van der Waals surface area contributed by atoms with Gasteiger partial charge in [0.1, 0.15) is 5.75 Å². The number of carbonyl (C=O) groups is 1. The maximum Gasteiger partial charge on any atom is 0.266 e. The van der Waals surface area contributed by atoms with Crippen LogP contribution in [0.2, 0.25) is 5.02 Å². The Morgan fingerprint density at radius 1 is 1.13 bits per heavy atom. The normalized spacial score (nSPS) is 11.0. The quantitative estimate of drug-likeness (QED) is 0.440. The molecule has 0 fully saturated rings. The summed E-state index contributed by atoms with van der Waals surface area (Å²) in [5.74, 6) is 1.02. The Hall–Kier alpha value is -1.86. The summed E-state index contributed by atoms with van der Waals surface area (Å²) in [7, 11) is 3.96. The molecular formula is C22H27Cl2N3O2S. The van der Waals surface area contributed by atoms with Crippen molar-refractivity contribution in [2.24, 2.45) is 0 Å². The minimum Gasteiger partial charge on any atom is -0.484 e. The highest BCUT2D eigenvalue weighted by molar-refractivity contribution is 7.22. The van der Waals surface area contributed by atoms with Gasteiger partial charge in [-0.1, -0.05) is 48.9 Å². The van der Waals surface area contributed by atoms with Gasteiger partial charge < -0.3 is 9.64 Å². The molecule has 1 amide bonds. The second-order valence-corrected chi connectivity index (χ2v) is 8.92. The molecule has 0 unspecified atom stereocenters. The molecule has 0 aliphatic heterocycles. The zero-order valence-corrected chi connectivity index (χ0v) is 20.0. The molecule has 0 radical (unpaired) electrons. The Balaban J connectivity index is 0.00000320. The highest BCUT2D eigenvalue weighted by atomic mass is 35.5. The minimum atomic E-state index is -0.120. The van der Waals surface area contributed by atoms with Crippen molar-refractivity contribution in [3.05, 3.63) is 53.1 Å². The summed E-state index contributed by atoms with van der Waals surface area (Å²) in [6.45, 7) is 5.52. The monoisotopic (exact) mass is 467 g/mol. The summed E-state index contributed by atoms with van der Waals surface area (Å²) in [5, 5.41) is 1.32. The van der Waals surface area contributed by atoms with Crippen LogP contribution in [0, 0.1) is 0 Å². The molecule has 0 saturated heterocycles. The molecule has 3 aromatic rings. The highest BCUT2D eigenvalue weighted by Crippen LogP contribution is 2.31. The summed E-state index contributed by atoms with van der Waals surface area (Å²) in [4.78, 5) is 21.3. The van der Waals surface area contributed by atoms with E-state index >= 15 is 0 Å². The molecule has 1 heterocycles. The van der Waals surface area contributed by atoms with Crippen LogP contribution in [0.25, 0.3) is 10.2 Å². The molecule has 0 aliphatic rings. The maximum atomic E-state index is 13.0. The Kier molecular flexibility index (Phi) is 8.92. The number of hydrogen-bond acceptors (Lipinski definition) is 5. The lowest BCUT2D eigenvalue weighted by Gasteiger charge is -2.22. The first-order valence-corrected chi connectivity index (χ1v) is 10.8. The molecule has 1 aromatic heterocycles. The molecule has 0 aliphatic carbocycles. The van der Waals surface area contributed by atoms with Gasteiger partial charge in [0.15, 0.2) is 11.7 Å². The number of hydrogen-bond donors (Lipinski definition) is 0. The molecule has 0 spiro atoms. The Bertz CT molecular complexity index is 974. The first-order chi connectivity index (χ1) is 13.8. The molecular weight excluding hydrogens is 441 g/mol. The molecule has 3 rings (SSSR count). The SMILES string of the molecule is CC(C)c1ccc(OCC(=O)N(CCN(C)C)c2nc3ccc(Cl)cc3s2)cc1.Cl. The number of fused-ring (bicyclic) bond motifs is 1. The van der Waals surface area contributed by atoms with E-state index in [-0.39, 0.29) is 24.9 Å². The number of carbonyl (C=O) groups excluding carboxylic acids is 1. The van der Waals surface area contributed by atoms with Gasteiger partial charge in [0.05, 0.1) is 10.2 Å². The fraction of sp³-hybridized carbons (Fsp3) is 0.364. The Morgan fingerprint density at radius 3 is 2.47 bits per heavy atom. The molecule has 0 saturated carbocycles. The van der Waals surface area contributed by atoms with E-state index in [1.54, 1.807) is 4.90 Å². The van der Waals surface area contributed by atoms with E-state index in [0.29, 0.717) is 28.4 Å². The third-order valence-corrected chi connectivity index (χ3v) is 5.83. The van der Waals surface area contributed by atoms with Crippen molar-refractivity contribution in [1.29, 1.82) is 0 Å². The van der Waals surface area contributed by atoms with Gasteiger partial charge in [0.25, 0.3) is 5.91 Å². The first kappa shape index (κ1) is 24.4. The van der Waals surface area contributed by atoms with Crippen LogP contribution in [-0.2, 0) is 4.79 Å². The fourth-order valence-electron chi connectivity index (χ4n) is 2.80. The predicted octanol–water partition coefficient (Wildman–Crippen LogP) is 5.47. The number of benzene rings is 2. The van der Waals surface area contributed by atoms with E-state index in [9.17, 15) is 4.79 Å². The topological polar surface area (TPSA) is 45.7 Å². The van der Waals surface area contributed by atoms with Crippen LogP contribution in [0.3, 0.4) is 0 Å². The lowest BCUT2D eigenvalue weighted by Crippen LogP contribution is -2.39. The van der Waals surface area contributed by atoms with Crippen molar-refractivity contribution in [3.63, 3.8) is 0 Å². The zero-order valence-electron chi connectivity index (χ0n) is 17.6. The number of nitrogens with zero attached hydrogens (tertiary/aromatic N) is 3. The van der Waals surface area contributed by atoms with Crippen LogP contribution >= 0.6 is 35.3 Å². The van der Waals surface area contributed by atoms with E-state index < -0.39 is 0 Å². The summed E-state index contributed by atoms with van der Waals surface area (Å²) in [6, 6.07) is 13.4. The Labute approximate surface area is 193 Å². The van der Waals surface area contributed by atoms with E-state index in [2.05, 4.69) is 18.8 Å². The molecule has 162 valence electrons. The molecule has 5 nitrogen and oxygen atoms in total. The summed E-state index contributed by atoms with van der Waals surface area (Å²) in [6.07, 6.45) is 0. The van der Waals surface area contributed by atoms with E-state index in [1.165, 1.54) is 16.9 Å². The number of rotatable bonds is 8. The molecule has 0 atom stereocenters. The molecule has 0 bridgehead atoms. The maximum absolute atomic E-state index is 13.0. The van der Waals surface area contributed by atoms with Gasteiger partial charge >= 0.3 is 0 Å². The van der Waals surface area contributed by atoms with Gasteiger partial charge in [-0.2, -0.15) is 0 Å². The van der Waals surface area contributed by atoms with Gasteiger partial charge in [0, 0.05) is 18.1 Å². The molecule has 2 aromatic carbocycles. The van der Waals surface area contributed by atoms with Crippen LogP contribution in [0.4, 0.5) is 5.13 Å². The minimum absolute atomic E-state index is 0. The number of ether oxygens (including phenoxy) is 1. The molecule has 30 heavy (non-hydrogen) atoms. The molecule has 8 heteroatoms. The van der Waals surface area contributed by atoms with Gasteiger partial charge in [-0.05, 0) is 55.9 Å². The zero-order chi connectivity index (χ0) is 21.0. The lowest BCUT2D eigenvalue weighted by molar-refractivity contribution is -0.120. The summed E-state index contributed by atoms with van der Waals surface area (Å²) < 4.78 is 6.71. The summed E-state index contributed by atoms with van der Waals surface area (Å²) >= 11 is 7.55. The first-order valence-electron chi connectivity index (χ1n) is 9.57. The second kappa shape index (κ2) is 11.0. The van der Waals surface area contributed by atoms with E-state index in [0.717, 1.165) is 16.8 Å². The van der Waals surface area contributed by atoms with Gasteiger partial charge in [0.2, 0.25) is 0 Å². The number of likely N-dealkylation sites (N-methyl/N-ethyl adjacent to an activating group) is 1. The fourth-order valence-corrected chi connectivity index (χ4v) is 4.09. The van der Waals surface area contributed by atoms with E-state index in [1.807, 2.05) is 61.5 Å². The van der Waals surface area contributed by atoms with Crippen molar-refractivity contribution in [1.82, 2.24) is 9.88 Å². The number of thiazole rings is 1. The standard InChI is InChI=1S/C22H26ClN3O2S.ClH/c1-15(2)16-5-8-18(9-6-16)28-14-21(27)26(12-11-25(3)4)22-24-19-10-7-17(23)13-20(19)29-22;/h5-10,13,15H,11-12,14H2,1-4H3;1H. The largest absolute Gasteiger partial charge is 0.484 e. The smallest absolute Gasteiger partial charge is 0.266 e. The number of halogens is 2. The van der Waals surface area contributed by atoms with Crippen LogP contribution in [-0.4, -0.2) is 49.6 Å². The average molecular weight is 468 g/mol. The van der Waals surface area contributed by atoms with Gasteiger partial charge in [-0.3, -0.25) is 9.69 Å². The highest BCUT2D eigenvalue weighted by Gasteiger charge is 2.20. The van der Waals surface area contributed by atoms with Crippen molar-refractivity contribution in [2.45, 2.75) is 19.8 Å². The predicted molar refractivity (Wildman–Crippen MR) is 129 cm³/mol. The lowest BCUT2D eigenvalue weighted by atomic mass is 10.0. The average Bonchev–Trinajstić information content (AvgIpc) is 3.09. The van der Waals surface area contributed by atoms with Crippen LogP contribution in [0.5, 0.6) is 5.75 Å². The van der Waals surface area contributed by atoms with E-state index in [4.69, 9.17) is 16.3 Å². The third kappa shape index (κ3) is 6.32. The number of aromatic nitrogens is 1. The molecule has 0 N–H and O–H groups in total. The van der Waals surface area contributed by atoms with Crippen LogP contribution in [0.15, 0.2) is 42.5 Å². The van der Waals surface area contributed by atoms with Crippen molar-refractivity contribution < 1.29 is 9.53 Å². The van der Waals surface area contributed by atoms with Crippen LogP contribution in [0.1, 0.15) is 25.3 Å². The van der Waals surface area contributed by atoms with Crippen molar-refractivity contribution in [2.75, 3.05) is 38.7 Å². The number of amides is 1. The van der Waals surface area contributed by atoms with Crippen molar-refractivity contribution >= 4 is 56.6 Å².